The maximum Gasteiger partial charge on any atom is 0.251 e. The van der Waals surface area contributed by atoms with E-state index in [1.54, 1.807) is 18.2 Å². The molecule has 0 bridgehead atoms. The van der Waals surface area contributed by atoms with Crippen molar-refractivity contribution >= 4 is 17.3 Å². The summed E-state index contributed by atoms with van der Waals surface area (Å²) in [6.45, 7) is 6.89. The normalized spacial score (nSPS) is 23.9. The Labute approximate surface area is 119 Å². The molecule has 1 aromatic rings. The molecule has 0 aliphatic heterocycles. The highest BCUT2D eigenvalue weighted by Gasteiger charge is 2.49. The van der Waals surface area contributed by atoms with E-state index in [0.717, 1.165) is 6.42 Å². The van der Waals surface area contributed by atoms with Crippen molar-refractivity contribution in [2.24, 2.45) is 5.41 Å². The van der Waals surface area contributed by atoms with E-state index in [1.807, 2.05) is 6.92 Å². The van der Waals surface area contributed by atoms with Crippen LogP contribution < -0.4 is 16.8 Å². The minimum Gasteiger partial charge on any atom is -0.399 e. The first kappa shape index (κ1) is 14.7. The van der Waals surface area contributed by atoms with Crippen LogP contribution in [0.2, 0.25) is 0 Å². The number of nitrogen functional groups attached to an aromatic ring is 2. The lowest BCUT2D eigenvalue weighted by atomic mass is 9.64. The number of hydrogen-bond donors (Lipinski definition) is 3. The van der Waals surface area contributed by atoms with Crippen LogP contribution in [0.15, 0.2) is 18.2 Å². The van der Waals surface area contributed by atoms with Crippen molar-refractivity contribution in [1.29, 1.82) is 0 Å². The van der Waals surface area contributed by atoms with Crippen molar-refractivity contribution in [3.8, 4) is 0 Å². The number of amides is 1. The minimum absolute atomic E-state index is 0.0580. The van der Waals surface area contributed by atoms with E-state index in [0.29, 0.717) is 23.5 Å². The van der Waals surface area contributed by atoms with Crippen molar-refractivity contribution < 1.29 is 9.53 Å². The number of benzene rings is 1. The SMILES string of the molecule is CCOC1CC(NC(=O)c2cc(N)cc(N)c2)C1(C)C. The van der Waals surface area contributed by atoms with Crippen LogP contribution in [0.1, 0.15) is 37.6 Å². The molecule has 5 N–H and O–H groups in total. The molecule has 2 unspecified atom stereocenters. The third kappa shape index (κ3) is 2.72. The Morgan fingerprint density at radius 1 is 1.35 bits per heavy atom. The highest BCUT2D eigenvalue weighted by molar-refractivity contribution is 5.96. The molecule has 20 heavy (non-hydrogen) atoms. The topological polar surface area (TPSA) is 90.4 Å². The van der Waals surface area contributed by atoms with Crippen molar-refractivity contribution in [3.63, 3.8) is 0 Å². The van der Waals surface area contributed by atoms with Gasteiger partial charge in [0.25, 0.3) is 5.91 Å². The molecule has 1 aromatic carbocycles. The van der Waals surface area contributed by atoms with Gasteiger partial charge in [0.1, 0.15) is 0 Å². The zero-order valence-electron chi connectivity index (χ0n) is 12.3. The molecule has 2 rings (SSSR count). The lowest BCUT2D eigenvalue weighted by molar-refractivity contribution is -0.111. The van der Waals surface area contributed by atoms with Gasteiger partial charge in [-0.2, -0.15) is 0 Å². The number of nitrogens with one attached hydrogen (secondary N) is 1. The molecule has 110 valence electrons. The van der Waals surface area contributed by atoms with Crippen molar-refractivity contribution in [1.82, 2.24) is 5.32 Å². The number of hydrogen-bond acceptors (Lipinski definition) is 4. The first-order valence-corrected chi connectivity index (χ1v) is 6.93. The summed E-state index contributed by atoms with van der Waals surface area (Å²) in [5.41, 5.74) is 12.9. The monoisotopic (exact) mass is 277 g/mol. The van der Waals surface area contributed by atoms with Gasteiger partial charge in [0.15, 0.2) is 0 Å². The van der Waals surface area contributed by atoms with Crippen LogP contribution in [0.3, 0.4) is 0 Å². The lowest BCUT2D eigenvalue weighted by Crippen LogP contribution is -2.62. The highest BCUT2D eigenvalue weighted by atomic mass is 16.5. The van der Waals surface area contributed by atoms with E-state index in [2.05, 4.69) is 19.2 Å². The molecule has 1 aliphatic carbocycles. The fourth-order valence-electron chi connectivity index (χ4n) is 2.66. The molecule has 0 aromatic heterocycles. The Morgan fingerprint density at radius 3 is 2.45 bits per heavy atom. The number of carbonyl (C=O) groups is 1. The third-order valence-electron chi connectivity index (χ3n) is 4.09. The van der Waals surface area contributed by atoms with E-state index < -0.39 is 0 Å². The highest BCUT2D eigenvalue weighted by Crippen LogP contribution is 2.42. The molecule has 5 heteroatoms. The maximum absolute atomic E-state index is 12.2. The van der Waals surface area contributed by atoms with Crippen LogP contribution in [-0.4, -0.2) is 24.7 Å². The number of nitrogens with two attached hydrogens (primary N) is 2. The summed E-state index contributed by atoms with van der Waals surface area (Å²) in [5.74, 6) is -0.142. The average molecular weight is 277 g/mol. The zero-order valence-corrected chi connectivity index (χ0v) is 12.3. The predicted molar refractivity (Wildman–Crippen MR) is 80.3 cm³/mol. The second-order valence-corrected chi connectivity index (χ2v) is 5.92. The van der Waals surface area contributed by atoms with E-state index in [9.17, 15) is 4.79 Å². The first-order chi connectivity index (χ1) is 9.34. The number of carbonyl (C=O) groups excluding carboxylic acids is 1. The summed E-state index contributed by atoms with van der Waals surface area (Å²) >= 11 is 0. The summed E-state index contributed by atoms with van der Waals surface area (Å²) in [5, 5.41) is 3.04. The summed E-state index contributed by atoms with van der Waals surface area (Å²) in [6, 6.07) is 5.01. The molecule has 0 radical (unpaired) electrons. The second-order valence-electron chi connectivity index (χ2n) is 5.92. The Hall–Kier alpha value is -1.75. The fraction of sp³-hybridized carbons (Fsp3) is 0.533. The third-order valence-corrected chi connectivity index (χ3v) is 4.09. The molecule has 1 aliphatic rings. The summed E-state index contributed by atoms with van der Waals surface area (Å²) in [6.07, 6.45) is 1.04. The van der Waals surface area contributed by atoms with Crippen molar-refractivity contribution in [2.75, 3.05) is 18.1 Å². The molecular formula is C15H23N3O2. The molecule has 1 amide bonds. The van der Waals surface area contributed by atoms with E-state index in [4.69, 9.17) is 16.2 Å². The van der Waals surface area contributed by atoms with Crippen LogP contribution in [0.25, 0.3) is 0 Å². The largest absolute Gasteiger partial charge is 0.399 e. The maximum atomic E-state index is 12.2. The lowest BCUT2D eigenvalue weighted by Gasteiger charge is -2.51. The Bertz CT molecular complexity index is 494. The van der Waals surface area contributed by atoms with E-state index >= 15 is 0 Å². The van der Waals surface area contributed by atoms with Gasteiger partial charge < -0.3 is 21.5 Å². The van der Waals surface area contributed by atoms with Gasteiger partial charge in [-0.25, -0.2) is 0 Å². The van der Waals surface area contributed by atoms with Gasteiger partial charge >= 0.3 is 0 Å². The molecule has 2 atom stereocenters. The smallest absolute Gasteiger partial charge is 0.251 e. The standard InChI is InChI=1S/C15H23N3O2/c1-4-20-13-8-12(15(13,2)3)18-14(19)9-5-10(16)7-11(17)6-9/h5-7,12-13H,4,8,16-17H2,1-3H3,(H,18,19). The van der Waals surface area contributed by atoms with Gasteiger partial charge in [-0.15, -0.1) is 0 Å². The van der Waals surface area contributed by atoms with Crippen molar-refractivity contribution in [2.45, 2.75) is 39.3 Å². The Balaban J connectivity index is 2.02. The molecular weight excluding hydrogens is 254 g/mol. The molecule has 5 nitrogen and oxygen atoms in total. The Kier molecular flexibility index (Phi) is 3.90. The van der Waals surface area contributed by atoms with Crippen LogP contribution in [-0.2, 0) is 4.74 Å². The molecule has 0 heterocycles. The summed E-state index contributed by atoms with van der Waals surface area (Å²) in [7, 11) is 0. The molecule has 1 saturated carbocycles. The second kappa shape index (κ2) is 5.32. The minimum atomic E-state index is -0.142. The van der Waals surface area contributed by atoms with Crippen LogP contribution in [0.4, 0.5) is 11.4 Å². The van der Waals surface area contributed by atoms with Crippen molar-refractivity contribution in [3.05, 3.63) is 23.8 Å². The fourth-order valence-corrected chi connectivity index (χ4v) is 2.66. The number of ether oxygens (including phenoxy) is 1. The van der Waals surface area contributed by atoms with Gasteiger partial charge in [-0.05, 0) is 31.5 Å². The van der Waals surface area contributed by atoms with E-state index in [1.165, 1.54) is 0 Å². The van der Waals surface area contributed by atoms with Gasteiger partial charge in [0.2, 0.25) is 0 Å². The summed E-state index contributed by atoms with van der Waals surface area (Å²) < 4.78 is 5.66. The quantitative estimate of drug-likeness (QED) is 0.732. The average Bonchev–Trinajstić information content (AvgIpc) is 2.36. The number of anilines is 2. The van der Waals surface area contributed by atoms with E-state index in [-0.39, 0.29) is 23.5 Å². The predicted octanol–water partition coefficient (Wildman–Crippen LogP) is 1.78. The van der Waals surface area contributed by atoms with Gasteiger partial charge in [0, 0.05) is 35.0 Å². The zero-order chi connectivity index (χ0) is 14.9. The van der Waals surface area contributed by atoms with Crippen LogP contribution >= 0.6 is 0 Å². The van der Waals surface area contributed by atoms with Crippen LogP contribution in [0, 0.1) is 5.41 Å². The molecule has 0 saturated heterocycles. The summed E-state index contributed by atoms with van der Waals surface area (Å²) in [4.78, 5) is 12.2. The molecule has 1 fully saturated rings. The van der Waals surface area contributed by atoms with Gasteiger partial charge in [-0.3, -0.25) is 4.79 Å². The van der Waals surface area contributed by atoms with Gasteiger partial charge in [0.05, 0.1) is 6.10 Å². The molecule has 0 spiro atoms. The Morgan fingerprint density at radius 2 is 1.95 bits per heavy atom. The number of rotatable bonds is 4. The van der Waals surface area contributed by atoms with Gasteiger partial charge in [-0.1, -0.05) is 13.8 Å². The first-order valence-electron chi connectivity index (χ1n) is 6.93. The van der Waals surface area contributed by atoms with Crippen LogP contribution in [0.5, 0.6) is 0 Å².